The van der Waals surface area contributed by atoms with Gasteiger partial charge in [-0.1, -0.05) is 42.5 Å². The molecular formula is C19H22N2O. The normalized spacial score (nSPS) is 15.4. The van der Waals surface area contributed by atoms with Crippen LogP contribution in [-0.4, -0.2) is 29.6 Å². The van der Waals surface area contributed by atoms with Crippen LogP contribution in [-0.2, 0) is 6.54 Å². The first-order chi connectivity index (χ1) is 10.8. The molecule has 0 atom stereocenters. The summed E-state index contributed by atoms with van der Waals surface area (Å²) in [5.74, 6) is 0.745. The molecule has 0 spiro atoms. The Hall–Kier alpha value is -2.13. The lowest BCUT2D eigenvalue weighted by Crippen LogP contribution is -2.29. The molecule has 0 radical (unpaired) electrons. The highest BCUT2D eigenvalue weighted by Gasteiger charge is 2.12. The summed E-state index contributed by atoms with van der Waals surface area (Å²) in [5, 5.41) is 0. The summed E-state index contributed by atoms with van der Waals surface area (Å²) in [7, 11) is 0. The van der Waals surface area contributed by atoms with Crippen LogP contribution in [0.25, 0.3) is 0 Å². The molecular weight excluding hydrogens is 272 g/mol. The summed E-state index contributed by atoms with van der Waals surface area (Å²) in [4.78, 5) is 6.74. The van der Waals surface area contributed by atoms with Crippen LogP contribution in [0.3, 0.4) is 0 Å². The number of hydrogen-bond donors (Lipinski definition) is 0. The molecule has 2 aromatic rings. The fraction of sp³-hybridized carbons (Fsp3) is 0.316. The highest BCUT2D eigenvalue weighted by molar-refractivity contribution is 5.24. The van der Waals surface area contributed by atoms with E-state index in [1.807, 2.05) is 19.1 Å². The number of aromatic nitrogens is 1. The van der Waals surface area contributed by atoms with Crippen molar-refractivity contribution in [3.63, 3.8) is 0 Å². The molecule has 0 amide bonds. The Bertz CT molecular complexity index is 637. The van der Waals surface area contributed by atoms with Crippen molar-refractivity contribution in [2.24, 2.45) is 0 Å². The van der Waals surface area contributed by atoms with Gasteiger partial charge in [0.25, 0.3) is 0 Å². The molecule has 114 valence electrons. The Kier molecular flexibility index (Phi) is 4.86. The summed E-state index contributed by atoms with van der Waals surface area (Å²) in [6.45, 7) is 5.78. The van der Waals surface area contributed by atoms with Crippen LogP contribution in [0.5, 0.6) is 5.88 Å². The smallest absolute Gasteiger partial charge is 0.216 e. The van der Waals surface area contributed by atoms with Gasteiger partial charge in [0.1, 0.15) is 6.61 Å². The van der Waals surface area contributed by atoms with E-state index >= 15 is 0 Å². The first-order valence-corrected chi connectivity index (χ1v) is 7.80. The Morgan fingerprint density at radius 1 is 1.14 bits per heavy atom. The van der Waals surface area contributed by atoms with Gasteiger partial charge in [0.05, 0.1) is 0 Å². The van der Waals surface area contributed by atoms with Gasteiger partial charge in [-0.15, -0.1) is 0 Å². The van der Waals surface area contributed by atoms with Crippen molar-refractivity contribution in [1.29, 1.82) is 0 Å². The van der Waals surface area contributed by atoms with Crippen LogP contribution in [0.2, 0.25) is 0 Å². The predicted molar refractivity (Wildman–Crippen MR) is 88.9 cm³/mol. The average Bonchev–Trinajstić information content (AvgIpc) is 2.56. The minimum absolute atomic E-state index is 0.650. The van der Waals surface area contributed by atoms with E-state index in [0.29, 0.717) is 6.61 Å². The first kappa shape index (κ1) is 14.8. The fourth-order valence-electron chi connectivity index (χ4n) is 2.65. The quantitative estimate of drug-likeness (QED) is 0.788. The minimum atomic E-state index is 0.650. The van der Waals surface area contributed by atoms with E-state index in [0.717, 1.165) is 37.5 Å². The molecule has 3 heteroatoms. The molecule has 0 saturated carbocycles. The largest absolute Gasteiger partial charge is 0.473 e. The van der Waals surface area contributed by atoms with Gasteiger partial charge in [0.15, 0.2) is 0 Å². The van der Waals surface area contributed by atoms with E-state index in [1.165, 1.54) is 11.1 Å². The molecule has 0 saturated heterocycles. The topological polar surface area (TPSA) is 25.4 Å². The molecule has 1 aromatic heterocycles. The second-order valence-corrected chi connectivity index (χ2v) is 5.75. The van der Waals surface area contributed by atoms with Crippen molar-refractivity contribution >= 4 is 0 Å². The maximum absolute atomic E-state index is 5.83. The van der Waals surface area contributed by atoms with Gasteiger partial charge in [-0.05, 0) is 30.5 Å². The standard InChI is InChI=1S/C19H22N2O/c1-16-6-5-11-20-19(16)22-15-18-9-12-21(13-10-18)14-17-7-3-2-4-8-17/h2-9,11H,10,12-15H2,1H3. The predicted octanol–water partition coefficient (Wildman–Crippen LogP) is 3.60. The van der Waals surface area contributed by atoms with E-state index in [-0.39, 0.29) is 0 Å². The number of rotatable bonds is 5. The van der Waals surface area contributed by atoms with E-state index in [9.17, 15) is 0 Å². The maximum Gasteiger partial charge on any atom is 0.216 e. The van der Waals surface area contributed by atoms with Gasteiger partial charge in [-0.25, -0.2) is 4.98 Å². The number of pyridine rings is 1. The fourth-order valence-corrected chi connectivity index (χ4v) is 2.65. The molecule has 1 aliphatic rings. The van der Waals surface area contributed by atoms with Crippen molar-refractivity contribution in [1.82, 2.24) is 9.88 Å². The Morgan fingerprint density at radius 3 is 2.73 bits per heavy atom. The van der Waals surface area contributed by atoms with Crippen LogP contribution in [0.15, 0.2) is 60.3 Å². The van der Waals surface area contributed by atoms with E-state index in [1.54, 1.807) is 6.20 Å². The van der Waals surface area contributed by atoms with E-state index < -0.39 is 0 Å². The number of aryl methyl sites for hydroxylation is 1. The lowest BCUT2D eigenvalue weighted by molar-refractivity contribution is 0.267. The Balaban J connectivity index is 1.50. The summed E-state index contributed by atoms with van der Waals surface area (Å²) in [6.07, 6.45) is 5.14. The molecule has 0 fully saturated rings. The molecule has 0 aliphatic carbocycles. The van der Waals surface area contributed by atoms with Crippen molar-refractivity contribution in [3.8, 4) is 5.88 Å². The monoisotopic (exact) mass is 294 g/mol. The van der Waals surface area contributed by atoms with Gasteiger partial charge < -0.3 is 4.74 Å². The third kappa shape index (κ3) is 3.95. The van der Waals surface area contributed by atoms with E-state index in [4.69, 9.17) is 4.74 Å². The highest BCUT2D eigenvalue weighted by atomic mass is 16.5. The van der Waals surface area contributed by atoms with Gasteiger partial charge in [-0.2, -0.15) is 0 Å². The average molecular weight is 294 g/mol. The number of ether oxygens (including phenoxy) is 1. The van der Waals surface area contributed by atoms with Gasteiger partial charge >= 0.3 is 0 Å². The lowest BCUT2D eigenvalue weighted by Gasteiger charge is -2.26. The van der Waals surface area contributed by atoms with Crippen molar-refractivity contribution in [2.75, 3.05) is 19.7 Å². The summed E-state index contributed by atoms with van der Waals surface area (Å²) >= 11 is 0. The highest BCUT2D eigenvalue weighted by Crippen LogP contribution is 2.17. The Labute approximate surface area is 132 Å². The first-order valence-electron chi connectivity index (χ1n) is 7.80. The third-order valence-electron chi connectivity index (χ3n) is 3.99. The second-order valence-electron chi connectivity index (χ2n) is 5.75. The summed E-state index contributed by atoms with van der Waals surface area (Å²) < 4.78 is 5.83. The molecule has 2 heterocycles. The maximum atomic E-state index is 5.83. The summed E-state index contributed by atoms with van der Waals surface area (Å²) in [6, 6.07) is 14.6. The zero-order valence-electron chi connectivity index (χ0n) is 13.0. The SMILES string of the molecule is Cc1cccnc1OCC1=CCN(Cc2ccccc2)CC1. The van der Waals surface area contributed by atoms with Gasteiger partial charge in [0.2, 0.25) is 5.88 Å². The molecule has 1 aromatic carbocycles. The van der Waals surface area contributed by atoms with Gasteiger partial charge in [-0.3, -0.25) is 4.90 Å². The number of nitrogens with zero attached hydrogens (tertiary/aromatic N) is 2. The molecule has 3 nitrogen and oxygen atoms in total. The molecule has 3 rings (SSSR count). The van der Waals surface area contributed by atoms with Crippen molar-refractivity contribution < 1.29 is 4.74 Å². The van der Waals surface area contributed by atoms with Crippen LogP contribution in [0.1, 0.15) is 17.5 Å². The summed E-state index contributed by atoms with van der Waals surface area (Å²) in [5.41, 5.74) is 3.83. The van der Waals surface area contributed by atoms with Crippen molar-refractivity contribution in [2.45, 2.75) is 19.9 Å². The number of benzene rings is 1. The van der Waals surface area contributed by atoms with Crippen molar-refractivity contribution in [3.05, 3.63) is 71.4 Å². The Morgan fingerprint density at radius 2 is 2.00 bits per heavy atom. The number of hydrogen-bond acceptors (Lipinski definition) is 3. The van der Waals surface area contributed by atoms with Crippen LogP contribution < -0.4 is 4.74 Å². The van der Waals surface area contributed by atoms with Crippen LogP contribution >= 0.6 is 0 Å². The van der Waals surface area contributed by atoms with Gasteiger partial charge in [0, 0.05) is 31.4 Å². The second kappa shape index (κ2) is 7.23. The molecule has 22 heavy (non-hydrogen) atoms. The molecule has 0 bridgehead atoms. The van der Waals surface area contributed by atoms with Crippen LogP contribution in [0, 0.1) is 6.92 Å². The zero-order chi connectivity index (χ0) is 15.2. The van der Waals surface area contributed by atoms with E-state index in [2.05, 4.69) is 46.3 Å². The molecule has 0 unspecified atom stereocenters. The van der Waals surface area contributed by atoms with Crippen LogP contribution in [0.4, 0.5) is 0 Å². The lowest BCUT2D eigenvalue weighted by atomic mass is 10.1. The third-order valence-corrected chi connectivity index (χ3v) is 3.99. The minimum Gasteiger partial charge on any atom is -0.473 e. The molecule has 0 N–H and O–H groups in total. The molecule has 1 aliphatic heterocycles. The zero-order valence-corrected chi connectivity index (χ0v) is 13.0.